The molecular weight excluding hydrogens is 185 g/mol. The third kappa shape index (κ3) is 4.46. The highest BCUT2D eigenvalue weighted by molar-refractivity contribution is 7.51. The van der Waals surface area contributed by atoms with Gasteiger partial charge in [0.05, 0.1) is 6.10 Å². The Balaban J connectivity index is 4.13. The second-order valence-corrected chi connectivity index (χ2v) is 4.29. The summed E-state index contributed by atoms with van der Waals surface area (Å²) in [5, 5.41) is 8.37. The Bertz CT molecular complexity index is 212. The van der Waals surface area contributed by atoms with Crippen molar-refractivity contribution in [1.82, 2.24) is 0 Å². The van der Waals surface area contributed by atoms with Crippen molar-refractivity contribution in [2.75, 3.05) is 6.66 Å². The molecule has 0 aliphatic heterocycles. The largest absolute Gasteiger partial charge is 0.480 e. The minimum Gasteiger partial charge on any atom is -0.480 e. The van der Waals surface area contributed by atoms with Gasteiger partial charge < -0.3 is 20.3 Å². The van der Waals surface area contributed by atoms with Crippen LogP contribution in [-0.4, -0.2) is 34.8 Å². The maximum Gasteiger partial charge on any atom is 0.325 e. The van der Waals surface area contributed by atoms with Crippen molar-refractivity contribution in [2.24, 2.45) is 5.73 Å². The Hall–Kier alpha value is -0.420. The highest BCUT2D eigenvalue weighted by atomic mass is 31.2. The molecule has 12 heavy (non-hydrogen) atoms. The number of carbonyl (C=O) groups is 1. The summed E-state index contributed by atoms with van der Waals surface area (Å²) in [7, 11) is -3.66. The molecule has 3 atom stereocenters. The van der Waals surface area contributed by atoms with Gasteiger partial charge in [-0.15, -0.1) is 0 Å². The summed E-state index contributed by atoms with van der Waals surface area (Å²) in [5.74, 6) is -1.27. The van der Waals surface area contributed by atoms with Gasteiger partial charge in [-0.3, -0.25) is 9.36 Å². The van der Waals surface area contributed by atoms with Gasteiger partial charge in [-0.2, -0.15) is 0 Å². The summed E-state index contributed by atoms with van der Waals surface area (Å²) in [4.78, 5) is 19.0. The number of nitrogens with two attached hydrogens (primary N) is 1. The average molecular weight is 197 g/mol. The van der Waals surface area contributed by atoms with Gasteiger partial charge in [0, 0.05) is 6.66 Å². The van der Waals surface area contributed by atoms with Crippen LogP contribution in [0.4, 0.5) is 0 Å². The maximum absolute atomic E-state index is 10.6. The van der Waals surface area contributed by atoms with Gasteiger partial charge in [-0.05, 0) is 6.92 Å². The molecule has 3 unspecified atom stereocenters. The predicted molar refractivity (Wildman–Crippen MR) is 41.9 cm³/mol. The standard InChI is InChI=1S/C5H12NO5P/c1-3(4(6)5(7)8)11-12(2,9)10/h3-4H,6H2,1-2H3,(H,7,8)(H,9,10). The van der Waals surface area contributed by atoms with E-state index < -0.39 is 25.7 Å². The summed E-state index contributed by atoms with van der Waals surface area (Å²) in [6, 6.07) is -1.29. The number of hydrogen-bond donors (Lipinski definition) is 3. The van der Waals surface area contributed by atoms with E-state index in [0.29, 0.717) is 0 Å². The Morgan fingerprint density at radius 2 is 2.08 bits per heavy atom. The molecule has 7 heteroatoms. The summed E-state index contributed by atoms with van der Waals surface area (Å²) < 4.78 is 15.1. The maximum atomic E-state index is 10.6. The van der Waals surface area contributed by atoms with Crippen LogP contribution in [-0.2, 0) is 13.9 Å². The van der Waals surface area contributed by atoms with Crippen LogP contribution in [0.2, 0.25) is 0 Å². The summed E-state index contributed by atoms with van der Waals surface area (Å²) in [6.45, 7) is 2.29. The van der Waals surface area contributed by atoms with E-state index in [1.165, 1.54) is 6.92 Å². The fraction of sp³-hybridized carbons (Fsp3) is 0.800. The van der Waals surface area contributed by atoms with Gasteiger partial charge in [-0.1, -0.05) is 0 Å². The molecule has 0 saturated carbocycles. The molecule has 6 nitrogen and oxygen atoms in total. The molecular formula is C5H12NO5P. The molecule has 0 saturated heterocycles. The van der Waals surface area contributed by atoms with Crippen molar-refractivity contribution >= 4 is 13.6 Å². The predicted octanol–water partition coefficient (Wildman–Crippen LogP) is -0.381. The second kappa shape index (κ2) is 4.00. The molecule has 0 aliphatic rings. The number of rotatable bonds is 4. The van der Waals surface area contributed by atoms with Crippen molar-refractivity contribution in [3.8, 4) is 0 Å². The molecule has 0 aliphatic carbocycles. The first-order chi connectivity index (χ1) is 5.24. The zero-order chi connectivity index (χ0) is 9.94. The van der Waals surface area contributed by atoms with Gasteiger partial charge in [0.2, 0.25) is 0 Å². The van der Waals surface area contributed by atoms with E-state index in [1.807, 2.05) is 0 Å². The average Bonchev–Trinajstić information content (AvgIpc) is 1.82. The smallest absolute Gasteiger partial charge is 0.325 e. The fourth-order valence-electron chi connectivity index (χ4n) is 0.575. The van der Waals surface area contributed by atoms with Crippen molar-refractivity contribution in [3.63, 3.8) is 0 Å². The lowest BCUT2D eigenvalue weighted by Gasteiger charge is -2.17. The number of carboxylic acid groups (broad SMARTS) is 1. The lowest BCUT2D eigenvalue weighted by molar-refractivity contribution is -0.140. The molecule has 0 radical (unpaired) electrons. The zero-order valence-electron chi connectivity index (χ0n) is 6.80. The van der Waals surface area contributed by atoms with Gasteiger partial charge in [0.15, 0.2) is 0 Å². The topological polar surface area (TPSA) is 110 Å². The van der Waals surface area contributed by atoms with Crippen LogP contribution < -0.4 is 5.73 Å². The first kappa shape index (κ1) is 11.6. The van der Waals surface area contributed by atoms with Crippen LogP contribution in [0.25, 0.3) is 0 Å². The summed E-state index contributed by atoms with van der Waals surface area (Å²) in [5.41, 5.74) is 5.11. The summed E-state index contributed by atoms with van der Waals surface area (Å²) >= 11 is 0. The fourth-order valence-corrected chi connectivity index (χ4v) is 1.32. The van der Waals surface area contributed by atoms with E-state index in [9.17, 15) is 9.36 Å². The van der Waals surface area contributed by atoms with E-state index in [4.69, 9.17) is 15.7 Å². The molecule has 72 valence electrons. The third-order valence-electron chi connectivity index (χ3n) is 1.15. The Morgan fingerprint density at radius 3 is 2.33 bits per heavy atom. The van der Waals surface area contributed by atoms with Crippen LogP contribution in [0, 0.1) is 0 Å². The molecule has 0 amide bonds. The molecule has 0 fully saturated rings. The third-order valence-corrected chi connectivity index (χ3v) is 1.88. The number of hydrogen-bond acceptors (Lipinski definition) is 4. The molecule has 0 aromatic heterocycles. The van der Waals surface area contributed by atoms with E-state index >= 15 is 0 Å². The van der Waals surface area contributed by atoms with Crippen molar-refractivity contribution in [3.05, 3.63) is 0 Å². The van der Waals surface area contributed by atoms with E-state index in [1.54, 1.807) is 0 Å². The van der Waals surface area contributed by atoms with Crippen LogP contribution >= 0.6 is 7.60 Å². The Kier molecular flexibility index (Phi) is 3.86. The second-order valence-electron chi connectivity index (χ2n) is 2.48. The first-order valence-electron chi connectivity index (χ1n) is 3.21. The Labute approximate surface area is 69.9 Å². The molecule has 0 spiro atoms. The lowest BCUT2D eigenvalue weighted by atomic mass is 10.2. The highest BCUT2D eigenvalue weighted by Gasteiger charge is 2.25. The van der Waals surface area contributed by atoms with E-state index in [0.717, 1.165) is 6.66 Å². The molecule has 0 aromatic rings. The summed E-state index contributed by atoms with van der Waals surface area (Å²) in [6.07, 6.45) is -0.983. The molecule has 0 rings (SSSR count). The van der Waals surface area contributed by atoms with Crippen LogP contribution in [0.3, 0.4) is 0 Å². The van der Waals surface area contributed by atoms with Crippen LogP contribution in [0.15, 0.2) is 0 Å². The zero-order valence-corrected chi connectivity index (χ0v) is 7.69. The van der Waals surface area contributed by atoms with E-state index in [-0.39, 0.29) is 0 Å². The molecule has 0 bridgehead atoms. The minimum absolute atomic E-state index is 0.970. The van der Waals surface area contributed by atoms with Gasteiger partial charge in [-0.25, -0.2) is 0 Å². The monoisotopic (exact) mass is 197 g/mol. The van der Waals surface area contributed by atoms with Gasteiger partial charge in [0.1, 0.15) is 6.04 Å². The van der Waals surface area contributed by atoms with Gasteiger partial charge >= 0.3 is 13.6 Å². The Morgan fingerprint density at radius 1 is 1.67 bits per heavy atom. The van der Waals surface area contributed by atoms with Crippen molar-refractivity contribution in [2.45, 2.75) is 19.1 Å². The number of aliphatic carboxylic acids is 1. The van der Waals surface area contributed by atoms with E-state index in [2.05, 4.69) is 4.52 Å². The normalized spacial score (nSPS) is 21.0. The van der Waals surface area contributed by atoms with Crippen LogP contribution in [0.5, 0.6) is 0 Å². The van der Waals surface area contributed by atoms with Gasteiger partial charge in [0.25, 0.3) is 0 Å². The molecule has 0 heterocycles. The number of carboxylic acids is 1. The minimum atomic E-state index is -3.66. The first-order valence-corrected chi connectivity index (χ1v) is 5.23. The molecule has 0 aromatic carbocycles. The molecule has 4 N–H and O–H groups in total. The quantitative estimate of drug-likeness (QED) is 0.530. The van der Waals surface area contributed by atoms with Crippen LogP contribution in [0.1, 0.15) is 6.92 Å². The SMILES string of the molecule is CC(OP(C)(=O)O)C(N)C(=O)O. The van der Waals surface area contributed by atoms with Crippen molar-refractivity contribution < 1.29 is 23.9 Å². The lowest BCUT2D eigenvalue weighted by Crippen LogP contribution is -2.41. The highest BCUT2D eigenvalue weighted by Crippen LogP contribution is 2.38. The van der Waals surface area contributed by atoms with Crippen molar-refractivity contribution in [1.29, 1.82) is 0 Å².